The van der Waals surface area contributed by atoms with Gasteiger partial charge in [0.15, 0.2) is 0 Å². The quantitative estimate of drug-likeness (QED) is 0.927. The number of benzene rings is 1. The molecule has 0 aliphatic heterocycles. The average Bonchev–Trinajstić information content (AvgIpc) is 2.96. The molecule has 114 valence electrons. The third-order valence-electron chi connectivity index (χ3n) is 5.14. The fourth-order valence-electron chi connectivity index (χ4n) is 4.25. The van der Waals surface area contributed by atoms with Crippen molar-refractivity contribution in [3.8, 4) is 11.3 Å². The number of nitrogens with zero attached hydrogens (tertiary/aromatic N) is 1. The first kappa shape index (κ1) is 13.7. The maximum absolute atomic E-state index is 12.8. The predicted octanol–water partition coefficient (Wildman–Crippen LogP) is 2.95. The highest BCUT2D eigenvalue weighted by molar-refractivity contribution is 5.71. The molecule has 1 aromatic heterocycles. The first-order valence-electron chi connectivity index (χ1n) is 7.94. The largest absolute Gasteiger partial charge is 0.377 e. The summed E-state index contributed by atoms with van der Waals surface area (Å²) in [6.07, 6.45) is 5.53. The number of fused-ring (bicyclic) bond motifs is 4. The molecule has 2 aromatic rings. The molecule has 0 atom stereocenters. The molecule has 4 nitrogen and oxygen atoms in total. The van der Waals surface area contributed by atoms with Crippen LogP contribution >= 0.6 is 0 Å². The number of H-pyrrole nitrogens is 1. The van der Waals surface area contributed by atoms with Crippen LogP contribution in [0.4, 0.5) is 0 Å². The molecule has 0 unspecified atom stereocenters. The lowest BCUT2D eigenvalue weighted by Crippen LogP contribution is -2.37. The normalized spacial score (nSPS) is 18.2. The van der Waals surface area contributed by atoms with E-state index in [1.807, 2.05) is 6.07 Å². The Kier molecular flexibility index (Phi) is 3.15. The maximum atomic E-state index is 12.8. The van der Waals surface area contributed by atoms with Gasteiger partial charge in [-0.05, 0) is 24.8 Å². The van der Waals surface area contributed by atoms with Crippen LogP contribution in [-0.2, 0) is 23.2 Å². The van der Waals surface area contributed by atoms with E-state index in [-0.39, 0.29) is 11.0 Å². The SMILES string of the molecule is COCc1nc2c(c(=O)[nH]1)C1(CCCC1)Cc1ccccc1-2. The van der Waals surface area contributed by atoms with Crippen LogP contribution in [0.2, 0.25) is 0 Å². The zero-order chi connectivity index (χ0) is 15.2. The summed E-state index contributed by atoms with van der Waals surface area (Å²) in [6.45, 7) is 0.331. The van der Waals surface area contributed by atoms with Crippen LogP contribution in [0.1, 0.15) is 42.6 Å². The van der Waals surface area contributed by atoms with Gasteiger partial charge in [-0.1, -0.05) is 37.1 Å². The molecule has 1 N–H and O–H groups in total. The van der Waals surface area contributed by atoms with Crippen LogP contribution in [0, 0.1) is 0 Å². The van der Waals surface area contributed by atoms with Gasteiger partial charge in [-0.25, -0.2) is 4.98 Å². The molecule has 2 aliphatic carbocycles. The molecule has 1 heterocycles. The summed E-state index contributed by atoms with van der Waals surface area (Å²) in [5.41, 5.74) is 4.21. The van der Waals surface area contributed by atoms with Gasteiger partial charge in [0.05, 0.1) is 11.3 Å². The summed E-state index contributed by atoms with van der Waals surface area (Å²) in [5, 5.41) is 0. The third-order valence-corrected chi connectivity index (χ3v) is 5.14. The van der Waals surface area contributed by atoms with Gasteiger partial charge in [0.2, 0.25) is 0 Å². The van der Waals surface area contributed by atoms with Crippen LogP contribution in [0.25, 0.3) is 11.3 Å². The molecule has 22 heavy (non-hydrogen) atoms. The number of nitrogens with one attached hydrogen (secondary N) is 1. The van der Waals surface area contributed by atoms with Crippen molar-refractivity contribution in [1.82, 2.24) is 9.97 Å². The molecule has 1 fully saturated rings. The van der Waals surface area contributed by atoms with Gasteiger partial charge in [0.1, 0.15) is 12.4 Å². The van der Waals surface area contributed by atoms with Gasteiger partial charge in [0.25, 0.3) is 5.56 Å². The minimum Gasteiger partial charge on any atom is -0.377 e. The monoisotopic (exact) mass is 296 g/mol. The number of ether oxygens (including phenoxy) is 1. The number of aromatic nitrogens is 2. The maximum Gasteiger partial charge on any atom is 0.255 e. The molecule has 0 bridgehead atoms. The highest BCUT2D eigenvalue weighted by atomic mass is 16.5. The Morgan fingerprint density at radius 2 is 2.05 bits per heavy atom. The lowest BCUT2D eigenvalue weighted by molar-refractivity contribution is 0.177. The van der Waals surface area contributed by atoms with Crippen molar-refractivity contribution in [2.45, 2.75) is 44.1 Å². The Labute approximate surface area is 129 Å². The standard InChI is InChI=1S/C18H20N2O2/c1-22-11-14-19-16-13-7-3-2-6-12(13)10-18(8-4-5-9-18)15(16)17(21)20-14/h2-3,6-7H,4-5,8-11H2,1H3,(H,19,20,21). The highest BCUT2D eigenvalue weighted by Gasteiger charge is 2.43. The zero-order valence-corrected chi connectivity index (χ0v) is 12.8. The molecule has 4 rings (SSSR count). The van der Waals surface area contributed by atoms with Crippen LogP contribution < -0.4 is 5.56 Å². The van der Waals surface area contributed by atoms with Crippen LogP contribution in [0.15, 0.2) is 29.1 Å². The van der Waals surface area contributed by atoms with E-state index in [2.05, 4.69) is 23.2 Å². The lowest BCUT2D eigenvalue weighted by Gasteiger charge is -2.35. The topological polar surface area (TPSA) is 55.0 Å². The van der Waals surface area contributed by atoms with Crippen LogP contribution in [0.5, 0.6) is 0 Å². The summed E-state index contributed by atoms with van der Waals surface area (Å²) >= 11 is 0. The van der Waals surface area contributed by atoms with Gasteiger partial charge < -0.3 is 9.72 Å². The Bertz CT molecular complexity index is 773. The van der Waals surface area contributed by atoms with Gasteiger partial charge in [-0.15, -0.1) is 0 Å². The van der Waals surface area contributed by atoms with Crippen molar-refractivity contribution in [2.75, 3.05) is 7.11 Å². The molecular weight excluding hydrogens is 276 g/mol. The van der Waals surface area contributed by atoms with Crippen molar-refractivity contribution in [3.63, 3.8) is 0 Å². The number of rotatable bonds is 2. The zero-order valence-electron chi connectivity index (χ0n) is 12.8. The van der Waals surface area contributed by atoms with E-state index in [4.69, 9.17) is 9.72 Å². The first-order chi connectivity index (χ1) is 10.7. The second kappa shape index (κ2) is 5.06. The van der Waals surface area contributed by atoms with Gasteiger partial charge in [0, 0.05) is 18.1 Å². The molecule has 0 radical (unpaired) electrons. The molecule has 1 aromatic carbocycles. The minimum atomic E-state index is -0.0180. The van der Waals surface area contributed by atoms with Crippen LogP contribution in [-0.4, -0.2) is 17.1 Å². The van der Waals surface area contributed by atoms with E-state index in [0.29, 0.717) is 12.4 Å². The van der Waals surface area contributed by atoms with Crippen molar-refractivity contribution in [3.05, 3.63) is 51.6 Å². The van der Waals surface area contributed by atoms with Crippen molar-refractivity contribution in [2.24, 2.45) is 0 Å². The van der Waals surface area contributed by atoms with Crippen molar-refractivity contribution in [1.29, 1.82) is 0 Å². The van der Waals surface area contributed by atoms with E-state index in [0.717, 1.165) is 36.1 Å². The Morgan fingerprint density at radius 3 is 2.82 bits per heavy atom. The van der Waals surface area contributed by atoms with E-state index < -0.39 is 0 Å². The first-order valence-corrected chi connectivity index (χ1v) is 7.94. The Balaban J connectivity index is 2.00. The lowest BCUT2D eigenvalue weighted by atomic mass is 9.68. The molecule has 2 aliphatic rings. The fraction of sp³-hybridized carbons (Fsp3) is 0.444. The van der Waals surface area contributed by atoms with E-state index in [9.17, 15) is 4.79 Å². The van der Waals surface area contributed by atoms with Gasteiger partial charge >= 0.3 is 0 Å². The number of hydrogen-bond donors (Lipinski definition) is 1. The third kappa shape index (κ3) is 1.94. The summed E-state index contributed by atoms with van der Waals surface area (Å²) in [7, 11) is 1.62. The van der Waals surface area contributed by atoms with E-state index in [1.54, 1.807) is 7.11 Å². The van der Waals surface area contributed by atoms with Crippen molar-refractivity contribution < 1.29 is 4.74 Å². The molecule has 0 amide bonds. The second-order valence-electron chi connectivity index (χ2n) is 6.49. The number of hydrogen-bond acceptors (Lipinski definition) is 3. The van der Waals surface area contributed by atoms with Gasteiger partial charge in [-0.3, -0.25) is 4.79 Å². The number of methoxy groups -OCH3 is 1. The summed E-state index contributed by atoms with van der Waals surface area (Å²) in [6, 6.07) is 8.36. The predicted molar refractivity (Wildman–Crippen MR) is 84.9 cm³/mol. The number of aromatic amines is 1. The van der Waals surface area contributed by atoms with E-state index >= 15 is 0 Å². The molecule has 0 saturated heterocycles. The minimum absolute atomic E-state index is 0.0180. The highest BCUT2D eigenvalue weighted by Crippen LogP contribution is 2.49. The fourth-order valence-corrected chi connectivity index (χ4v) is 4.25. The molecule has 1 spiro atoms. The Morgan fingerprint density at radius 1 is 1.27 bits per heavy atom. The summed E-state index contributed by atoms with van der Waals surface area (Å²) in [5.74, 6) is 0.607. The summed E-state index contributed by atoms with van der Waals surface area (Å²) < 4.78 is 5.15. The molecule has 4 heteroatoms. The van der Waals surface area contributed by atoms with E-state index in [1.165, 1.54) is 18.4 Å². The van der Waals surface area contributed by atoms with Crippen molar-refractivity contribution >= 4 is 0 Å². The Hall–Kier alpha value is -1.94. The van der Waals surface area contributed by atoms with Crippen LogP contribution in [0.3, 0.4) is 0 Å². The smallest absolute Gasteiger partial charge is 0.255 e. The second-order valence-corrected chi connectivity index (χ2v) is 6.49. The molecule has 1 saturated carbocycles. The average molecular weight is 296 g/mol. The van der Waals surface area contributed by atoms with Gasteiger partial charge in [-0.2, -0.15) is 0 Å². The summed E-state index contributed by atoms with van der Waals surface area (Å²) in [4.78, 5) is 20.4. The molecular formula is C18H20N2O2.